The maximum Gasteiger partial charge on any atom is 0.193 e. The fourth-order valence-electron chi connectivity index (χ4n) is 4.46. The summed E-state index contributed by atoms with van der Waals surface area (Å²) in [6, 6.07) is 0. The van der Waals surface area contributed by atoms with E-state index in [2.05, 4.69) is 18.7 Å². The van der Waals surface area contributed by atoms with Crippen molar-refractivity contribution in [2.45, 2.75) is 70.5 Å². The molecule has 0 spiro atoms. The molecule has 4 aliphatic rings. The quantitative estimate of drug-likeness (QED) is 0.442. The van der Waals surface area contributed by atoms with Gasteiger partial charge in [-0.2, -0.15) is 0 Å². The second-order valence-electron chi connectivity index (χ2n) is 8.06. The van der Waals surface area contributed by atoms with Crippen molar-refractivity contribution >= 4 is 5.78 Å². The van der Waals surface area contributed by atoms with Crippen LogP contribution in [0.2, 0.25) is 0 Å². The largest absolute Gasteiger partial charge is 0.501 e. The number of carbonyl (C=O) groups is 1. The van der Waals surface area contributed by atoms with E-state index in [9.17, 15) is 4.79 Å². The van der Waals surface area contributed by atoms with Gasteiger partial charge in [0.1, 0.15) is 5.60 Å². The van der Waals surface area contributed by atoms with Gasteiger partial charge in [0.05, 0.1) is 18.5 Å². The summed E-state index contributed by atoms with van der Waals surface area (Å²) in [4.78, 5) is 15.1. The Morgan fingerprint density at radius 3 is 2.70 bits per heavy atom. The van der Waals surface area contributed by atoms with E-state index in [4.69, 9.17) is 9.47 Å². The van der Waals surface area contributed by atoms with Crippen molar-refractivity contribution in [1.29, 1.82) is 0 Å². The van der Waals surface area contributed by atoms with Crippen LogP contribution < -0.4 is 0 Å². The molecule has 4 rings (SSSR count). The molecule has 130 valence electrons. The first-order valence-corrected chi connectivity index (χ1v) is 9.21. The first-order chi connectivity index (χ1) is 10.9. The van der Waals surface area contributed by atoms with E-state index in [1.807, 2.05) is 6.92 Å². The van der Waals surface area contributed by atoms with Crippen molar-refractivity contribution in [3.05, 3.63) is 11.8 Å². The van der Waals surface area contributed by atoms with Gasteiger partial charge in [-0.3, -0.25) is 4.79 Å². The Hall–Kier alpha value is -0.870. The summed E-state index contributed by atoms with van der Waals surface area (Å²) in [7, 11) is 0. The number of nitrogens with zero attached hydrogens (tertiary/aromatic N) is 1. The van der Waals surface area contributed by atoms with Crippen molar-refractivity contribution < 1.29 is 14.3 Å². The van der Waals surface area contributed by atoms with E-state index in [1.54, 1.807) is 6.26 Å². The Balaban J connectivity index is 1.51. The van der Waals surface area contributed by atoms with Crippen molar-refractivity contribution in [2.24, 2.45) is 5.92 Å². The highest BCUT2D eigenvalue weighted by molar-refractivity contribution is 6.03. The molecule has 0 radical (unpaired) electrons. The standard InChI is InChI=1S/C19H31NO3/c1-18(2)16-8-9-19(3,23-18)17(21)15(16)14-22-13-7-12-20-10-5-4-6-11-20/h14,16H,4-13H2,1-3H3/b15-14-/t16-,19+/m1/s1. The van der Waals surface area contributed by atoms with Crippen molar-refractivity contribution in [1.82, 2.24) is 4.90 Å². The topological polar surface area (TPSA) is 38.8 Å². The van der Waals surface area contributed by atoms with Crippen LogP contribution in [0.25, 0.3) is 0 Å². The molecule has 2 atom stereocenters. The summed E-state index contributed by atoms with van der Waals surface area (Å²) < 4.78 is 11.8. The van der Waals surface area contributed by atoms with Crippen LogP contribution in [0.1, 0.15) is 59.3 Å². The number of hydrogen-bond donors (Lipinski definition) is 0. The van der Waals surface area contributed by atoms with Crippen molar-refractivity contribution in [3.63, 3.8) is 0 Å². The van der Waals surface area contributed by atoms with Crippen LogP contribution in [0, 0.1) is 5.92 Å². The fraction of sp³-hybridized carbons (Fsp3) is 0.842. The lowest BCUT2D eigenvalue weighted by Crippen LogP contribution is -2.60. The van der Waals surface area contributed by atoms with Crippen molar-refractivity contribution in [2.75, 3.05) is 26.2 Å². The Bertz CT molecular complexity index is 479. The number of likely N-dealkylation sites (tertiary alicyclic amines) is 1. The molecule has 4 heteroatoms. The molecule has 0 amide bonds. The fourth-order valence-corrected chi connectivity index (χ4v) is 4.46. The highest BCUT2D eigenvalue weighted by atomic mass is 16.5. The molecule has 3 heterocycles. The van der Waals surface area contributed by atoms with E-state index >= 15 is 0 Å². The highest BCUT2D eigenvalue weighted by Gasteiger charge is 2.56. The van der Waals surface area contributed by atoms with Crippen LogP contribution >= 0.6 is 0 Å². The molecule has 2 bridgehead atoms. The number of hydrogen-bond acceptors (Lipinski definition) is 4. The maximum atomic E-state index is 12.6. The van der Waals surface area contributed by atoms with Gasteiger partial charge >= 0.3 is 0 Å². The average molecular weight is 321 g/mol. The molecule has 3 aliphatic heterocycles. The number of Topliss-reactive ketones (excluding diaryl/α,β-unsaturated/α-hetero) is 1. The number of fused-ring (bicyclic) bond motifs is 3. The van der Waals surface area contributed by atoms with E-state index in [0.29, 0.717) is 6.61 Å². The molecule has 0 aromatic heterocycles. The summed E-state index contributed by atoms with van der Waals surface area (Å²) in [6.45, 7) is 10.4. The molecule has 1 aliphatic carbocycles. The minimum atomic E-state index is -0.652. The monoisotopic (exact) mass is 321 g/mol. The molecule has 0 N–H and O–H groups in total. The number of rotatable bonds is 5. The van der Waals surface area contributed by atoms with Crippen molar-refractivity contribution in [3.8, 4) is 0 Å². The summed E-state index contributed by atoms with van der Waals surface area (Å²) in [5, 5.41) is 0. The predicted molar refractivity (Wildman–Crippen MR) is 90.2 cm³/mol. The number of piperidine rings is 1. The Kier molecular flexibility index (Phi) is 4.84. The highest BCUT2D eigenvalue weighted by Crippen LogP contribution is 2.50. The lowest BCUT2D eigenvalue weighted by molar-refractivity contribution is -0.207. The number of ketones is 1. The Labute approximate surface area is 140 Å². The zero-order valence-electron chi connectivity index (χ0n) is 14.9. The molecule has 4 nitrogen and oxygen atoms in total. The molecular weight excluding hydrogens is 290 g/mol. The van der Waals surface area contributed by atoms with Gasteiger partial charge in [0.25, 0.3) is 0 Å². The van der Waals surface area contributed by atoms with Crippen LogP contribution in [0.5, 0.6) is 0 Å². The first-order valence-electron chi connectivity index (χ1n) is 9.21. The molecule has 0 aromatic rings. The Morgan fingerprint density at radius 2 is 2.00 bits per heavy atom. The van der Waals surface area contributed by atoms with Gasteiger partial charge in [0.2, 0.25) is 0 Å². The Morgan fingerprint density at radius 1 is 1.26 bits per heavy atom. The molecule has 3 saturated heterocycles. The van der Waals surface area contributed by atoms with Gasteiger partial charge in [-0.1, -0.05) is 6.42 Å². The van der Waals surface area contributed by atoms with E-state index in [-0.39, 0.29) is 17.3 Å². The zero-order valence-corrected chi connectivity index (χ0v) is 14.9. The smallest absolute Gasteiger partial charge is 0.193 e. The summed E-state index contributed by atoms with van der Waals surface area (Å²) in [5.74, 6) is 0.294. The summed E-state index contributed by atoms with van der Waals surface area (Å²) >= 11 is 0. The van der Waals surface area contributed by atoms with Gasteiger partial charge in [-0.15, -0.1) is 0 Å². The van der Waals surface area contributed by atoms with Crippen LogP contribution in [-0.2, 0) is 14.3 Å². The molecule has 23 heavy (non-hydrogen) atoms. The summed E-state index contributed by atoms with van der Waals surface area (Å²) in [6.07, 6.45) is 8.64. The molecule has 1 saturated carbocycles. The SMILES string of the molecule is CC1(C)O[C@@]2(C)CC[C@@H]1/C(=C/OCCCN1CCCCC1)C2=O. The number of ether oxygens (including phenoxy) is 2. The molecule has 0 aromatic carbocycles. The lowest BCUT2D eigenvalue weighted by atomic mass is 9.65. The molecule has 4 fully saturated rings. The van der Waals surface area contributed by atoms with Gasteiger partial charge < -0.3 is 14.4 Å². The van der Waals surface area contributed by atoms with E-state index in [1.165, 1.54) is 32.4 Å². The van der Waals surface area contributed by atoms with Crippen LogP contribution in [0.3, 0.4) is 0 Å². The van der Waals surface area contributed by atoms with Crippen LogP contribution in [0.15, 0.2) is 11.8 Å². The second-order valence-corrected chi connectivity index (χ2v) is 8.06. The van der Waals surface area contributed by atoms with Gasteiger partial charge in [-0.05, 0) is 66.0 Å². The lowest BCUT2D eigenvalue weighted by Gasteiger charge is -2.53. The first kappa shape index (κ1) is 17.0. The number of carbonyl (C=O) groups excluding carboxylic acids is 1. The zero-order chi connectivity index (χ0) is 16.5. The molecule has 0 unspecified atom stereocenters. The van der Waals surface area contributed by atoms with Crippen LogP contribution in [0.4, 0.5) is 0 Å². The molecular formula is C19H31NO3. The van der Waals surface area contributed by atoms with Crippen LogP contribution in [-0.4, -0.2) is 48.1 Å². The normalized spacial score (nSPS) is 35.7. The van der Waals surface area contributed by atoms with Gasteiger partial charge in [-0.25, -0.2) is 0 Å². The third-order valence-electron chi connectivity index (χ3n) is 5.75. The predicted octanol–water partition coefficient (Wildman–Crippen LogP) is 3.31. The third kappa shape index (κ3) is 3.48. The summed E-state index contributed by atoms with van der Waals surface area (Å²) in [5.41, 5.74) is -0.0847. The maximum absolute atomic E-state index is 12.6. The average Bonchev–Trinajstić information content (AvgIpc) is 2.50. The third-order valence-corrected chi connectivity index (χ3v) is 5.75. The second kappa shape index (κ2) is 6.56. The minimum Gasteiger partial charge on any atom is -0.501 e. The van der Waals surface area contributed by atoms with Gasteiger partial charge in [0, 0.05) is 18.0 Å². The van der Waals surface area contributed by atoms with E-state index in [0.717, 1.165) is 31.4 Å². The minimum absolute atomic E-state index is 0.129. The van der Waals surface area contributed by atoms with E-state index < -0.39 is 5.60 Å². The van der Waals surface area contributed by atoms with Gasteiger partial charge in [0.15, 0.2) is 5.78 Å².